The van der Waals surface area contributed by atoms with Crippen molar-refractivity contribution in [2.24, 2.45) is 0 Å². The summed E-state index contributed by atoms with van der Waals surface area (Å²) < 4.78 is 0. The van der Waals surface area contributed by atoms with E-state index in [9.17, 15) is 4.79 Å². The summed E-state index contributed by atoms with van der Waals surface area (Å²) in [7, 11) is 0. The molecule has 2 N–H and O–H groups in total. The topological polar surface area (TPSA) is 57.5 Å². The van der Waals surface area contributed by atoms with E-state index in [1.165, 1.54) is 70.6 Å². The Morgan fingerprint density at radius 2 is 1.14 bits per heavy atom. The van der Waals surface area contributed by atoms with Crippen LogP contribution in [0.5, 0.6) is 0 Å². The van der Waals surface area contributed by atoms with Crippen LogP contribution in [0, 0.1) is 0 Å². The molecule has 3 nitrogen and oxygen atoms in total. The molecule has 21 heavy (non-hydrogen) atoms. The van der Waals surface area contributed by atoms with E-state index in [1.54, 1.807) is 0 Å². The van der Waals surface area contributed by atoms with Gasteiger partial charge in [0.2, 0.25) is 0 Å². The van der Waals surface area contributed by atoms with Gasteiger partial charge in [-0.3, -0.25) is 4.79 Å². The lowest BCUT2D eigenvalue weighted by Crippen LogP contribution is -2.23. The smallest absolute Gasteiger partial charge is 0.163 e. The molecule has 0 amide bonds. The van der Waals surface area contributed by atoms with Crippen molar-refractivity contribution in [2.75, 3.05) is 6.61 Å². The molecule has 0 heterocycles. The monoisotopic (exact) mass is 300 g/mol. The average molecular weight is 300 g/mol. The van der Waals surface area contributed by atoms with Crippen molar-refractivity contribution >= 4 is 5.78 Å². The zero-order valence-corrected chi connectivity index (χ0v) is 14.0. The lowest BCUT2D eigenvalue weighted by Gasteiger charge is -2.05. The summed E-state index contributed by atoms with van der Waals surface area (Å²) in [6.07, 6.45) is 15.9. The van der Waals surface area contributed by atoms with Crippen LogP contribution in [0.25, 0.3) is 0 Å². The number of ketones is 1. The van der Waals surface area contributed by atoms with Crippen LogP contribution >= 0.6 is 0 Å². The van der Waals surface area contributed by atoms with Crippen LogP contribution in [0.3, 0.4) is 0 Å². The Balaban J connectivity index is 3.11. The molecule has 126 valence electrons. The molecule has 0 aliphatic rings. The lowest BCUT2D eigenvalue weighted by atomic mass is 10.0. The van der Waals surface area contributed by atoms with E-state index >= 15 is 0 Å². The first kappa shape index (κ1) is 20.6. The first-order valence-electron chi connectivity index (χ1n) is 9.04. The van der Waals surface area contributed by atoms with Gasteiger partial charge in [0, 0.05) is 6.42 Å². The van der Waals surface area contributed by atoms with Crippen LogP contribution in [-0.2, 0) is 4.79 Å². The number of hydrogen-bond donors (Lipinski definition) is 2. The van der Waals surface area contributed by atoms with E-state index < -0.39 is 12.7 Å². The first-order chi connectivity index (χ1) is 10.2. The number of carbonyl (C=O) groups is 1. The van der Waals surface area contributed by atoms with E-state index in [2.05, 4.69) is 6.92 Å². The fourth-order valence-electron chi connectivity index (χ4n) is 2.59. The molecule has 0 bridgehead atoms. The average Bonchev–Trinajstić information content (AvgIpc) is 2.50. The largest absolute Gasteiger partial charge is 0.393 e. The number of aliphatic hydroxyl groups is 2. The second kappa shape index (κ2) is 16.0. The molecule has 0 saturated heterocycles. The molecule has 0 aliphatic heterocycles. The van der Waals surface area contributed by atoms with Gasteiger partial charge in [0.25, 0.3) is 0 Å². The minimum Gasteiger partial charge on any atom is -0.393 e. The zero-order valence-electron chi connectivity index (χ0n) is 14.0. The Morgan fingerprint density at radius 3 is 1.52 bits per heavy atom. The highest BCUT2D eigenvalue weighted by Gasteiger charge is 2.12. The molecule has 0 spiro atoms. The summed E-state index contributed by atoms with van der Waals surface area (Å²) in [5.41, 5.74) is 0. The number of carbonyl (C=O) groups excluding carboxylic acids is 1. The molecule has 0 fully saturated rings. The van der Waals surface area contributed by atoms with E-state index in [4.69, 9.17) is 10.2 Å². The van der Waals surface area contributed by atoms with Gasteiger partial charge in [-0.1, -0.05) is 84.0 Å². The molecule has 0 rings (SSSR count). The zero-order chi connectivity index (χ0) is 15.8. The van der Waals surface area contributed by atoms with Crippen LogP contribution in [0.1, 0.15) is 96.8 Å². The third-order valence-corrected chi connectivity index (χ3v) is 4.07. The predicted molar refractivity (Wildman–Crippen MR) is 88.4 cm³/mol. The van der Waals surface area contributed by atoms with E-state index in [0.29, 0.717) is 6.42 Å². The summed E-state index contributed by atoms with van der Waals surface area (Å²) in [6, 6.07) is 0. The maximum Gasteiger partial charge on any atom is 0.163 e. The SMILES string of the molecule is CCCCCCCCCCCCCCCC(=O)C(O)CO. The number of Topliss-reactive ketones (excluding diaryl/α,β-unsaturated/α-hetero) is 1. The van der Waals surface area contributed by atoms with E-state index in [0.717, 1.165) is 12.8 Å². The highest BCUT2D eigenvalue weighted by atomic mass is 16.3. The fraction of sp³-hybridized carbons (Fsp3) is 0.944. The summed E-state index contributed by atoms with van der Waals surface area (Å²) in [5.74, 6) is -0.222. The quantitative estimate of drug-likeness (QED) is 0.416. The minimum atomic E-state index is -1.16. The van der Waals surface area contributed by atoms with Crippen molar-refractivity contribution in [1.29, 1.82) is 0 Å². The predicted octanol–water partition coefficient (Wildman–Crippen LogP) is 4.39. The van der Waals surface area contributed by atoms with Gasteiger partial charge in [-0.25, -0.2) is 0 Å². The Labute approximate surface area is 131 Å². The third-order valence-electron chi connectivity index (χ3n) is 4.07. The number of unbranched alkanes of at least 4 members (excludes halogenated alkanes) is 12. The fourth-order valence-corrected chi connectivity index (χ4v) is 2.59. The first-order valence-corrected chi connectivity index (χ1v) is 9.04. The molecular formula is C18H36O3. The van der Waals surface area contributed by atoms with Gasteiger partial charge < -0.3 is 10.2 Å². The van der Waals surface area contributed by atoms with E-state index in [-0.39, 0.29) is 5.78 Å². The van der Waals surface area contributed by atoms with Crippen molar-refractivity contribution in [2.45, 2.75) is 103 Å². The van der Waals surface area contributed by atoms with Gasteiger partial charge in [0.15, 0.2) is 5.78 Å². The van der Waals surface area contributed by atoms with Crippen molar-refractivity contribution in [3.63, 3.8) is 0 Å². The maximum atomic E-state index is 11.3. The normalized spacial score (nSPS) is 12.5. The van der Waals surface area contributed by atoms with Crippen molar-refractivity contribution in [3.05, 3.63) is 0 Å². The molecule has 0 radical (unpaired) electrons. The van der Waals surface area contributed by atoms with Crippen molar-refractivity contribution in [1.82, 2.24) is 0 Å². The van der Waals surface area contributed by atoms with Gasteiger partial charge >= 0.3 is 0 Å². The van der Waals surface area contributed by atoms with Gasteiger partial charge in [-0.2, -0.15) is 0 Å². The molecule has 1 unspecified atom stereocenters. The van der Waals surface area contributed by atoms with Gasteiger partial charge in [-0.05, 0) is 6.42 Å². The molecule has 1 atom stereocenters. The van der Waals surface area contributed by atoms with Gasteiger partial charge in [-0.15, -0.1) is 0 Å². The van der Waals surface area contributed by atoms with Gasteiger partial charge in [0.1, 0.15) is 6.10 Å². The van der Waals surface area contributed by atoms with Crippen LogP contribution in [-0.4, -0.2) is 28.7 Å². The number of aliphatic hydroxyl groups excluding tert-OH is 2. The summed E-state index contributed by atoms with van der Waals surface area (Å²) in [4.78, 5) is 11.3. The molecule has 0 aromatic heterocycles. The van der Waals surface area contributed by atoms with Gasteiger partial charge in [0.05, 0.1) is 6.61 Å². The summed E-state index contributed by atoms with van der Waals surface area (Å²) >= 11 is 0. The van der Waals surface area contributed by atoms with Crippen LogP contribution in [0.15, 0.2) is 0 Å². The molecule has 0 saturated carbocycles. The Hall–Kier alpha value is -0.410. The molecule has 0 aliphatic carbocycles. The third kappa shape index (κ3) is 14.3. The summed E-state index contributed by atoms with van der Waals surface area (Å²) in [6.45, 7) is 1.81. The van der Waals surface area contributed by atoms with Crippen molar-refractivity contribution < 1.29 is 15.0 Å². The summed E-state index contributed by atoms with van der Waals surface area (Å²) in [5, 5.41) is 17.8. The highest BCUT2D eigenvalue weighted by molar-refractivity contribution is 5.82. The molecule has 0 aromatic rings. The van der Waals surface area contributed by atoms with Crippen LogP contribution < -0.4 is 0 Å². The van der Waals surface area contributed by atoms with Crippen LogP contribution in [0.4, 0.5) is 0 Å². The lowest BCUT2D eigenvalue weighted by molar-refractivity contribution is -0.129. The van der Waals surface area contributed by atoms with Crippen molar-refractivity contribution in [3.8, 4) is 0 Å². The molecule has 3 heteroatoms. The minimum absolute atomic E-state index is 0.222. The Bertz CT molecular complexity index is 229. The second-order valence-electron chi connectivity index (χ2n) is 6.16. The second-order valence-corrected chi connectivity index (χ2v) is 6.16. The van der Waals surface area contributed by atoms with E-state index in [1.807, 2.05) is 0 Å². The Kier molecular flexibility index (Phi) is 15.7. The maximum absolute atomic E-state index is 11.3. The number of hydrogen-bond acceptors (Lipinski definition) is 3. The number of rotatable bonds is 16. The Morgan fingerprint density at radius 1 is 0.762 bits per heavy atom. The molecule has 0 aromatic carbocycles. The molecular weight excluding hydrogens is 264 g/mol. The van der Waals surface area contributed by atoms with Crippen LogP contribution in [0.2, 0.25) is 0 Å². The highest BCUT2D eigenvalue weighted by Crippen LogP contribution is 2.13. The standard InChI is InChI=1S/C18H36O3/c1-2-3-4-5-6-7-8-9-10-11-12-13-14-15-17(20)18(21)16-19/h18-19,21H,2-16H2,1H3.